The van der Waals surface area contributed by atoms with E-state index in [1.165, 1.54) is 0 Å². The largest absolute Gasteiger partial charge is 0.379 e. The average molecular weight is 248 g/mol. The Hall–Kier alpha value is -1.79. The van der Waals surface area contributed by atoms with Crippen molar-refractivity contribution in [2.75, 3.05) is 13.2 Å². The van der Waals surface area contributed by atoms with Crippen LogP contribution < -0.4 is 5.73 Å². The number of aromatic nitrogens is 3. The number of nitrogens with zero attached hydrogens (tertiary/aromatic N) is 3. The number of hydrogen-bond donors (Lipinski definition) is 1. The minimum Gasteiger partial charge on any atom is -0.379 e. The van der Waals surface area contributed by atoms with Crippen molar-refractivity contribution in [1.82, 2.24) is 15.1 Å². The summed E-state index contributed by atoms with van der Waals surface area (Å²) < 4.78 is 10.5. The van der Waals surface area contributed by atoms with Crippen LogP contribution in [0.15, 0.2) is 28.9 Å². The molecule has 2 N–H and O–H groups in total. The summed E-state index contributed by atoms with van der Waals surface area (Å²) >= 11 is 0. The number of pyridine rings is 1. The molecule has 0 saturated heterocycles. The van der Waals surface area contributed by atoms with E-state index in [9.17, 15) is 0 Å². The topological polar surface area (TPSA) is 87.1 Å². The molecule has 0 spiro atoms. The second-order valence-corrected chi connectivity index (χ2v) is 4.19. The Balaban J connectivity index is 2.20. The molecular weight excluding hydrogens is 232 g/mol. The van der Waals surface area contributed by atoms with E-state index in [0.717, 1.165) is 0 Å². The summed E-state index contributed by atoms with van der Waals surface area (Å²) in [5.41, 5.74) is 5.94. The summed E-state index contributed by atoms with van der Waals surface area (Å²) in [4.78, 5) is 8.40. The first-order valence-electron chi connectivity index (χ1n) is 5.75. The van der Waals surface area contributed by atoms with Gasteiger partial charge in [-0.25, -0.2) is 0 Å². The molecule has 0 fully saturated rings. The maximum atomic E-state index is 6.09. The van der Waals surface area contributed by atoms with Gasteiger partial charge in [-0.3, -0.25) is 4.98 Å². The van der Waals surface area contributed by atoms with Crippen LogP contribution >= 0.6 is 0 Å². The number of hydrogen-bond acceptors (Lipinski definition) is 6. The summed E-state index contributed by atoms with van der Waals surface area (Å²) in [5, 5.41) is 3.89. The van der Waals surface area contributed by atoms with E-state index in [4.69, 9.17) is 15.0 Å². The zero-order chi connectivity index (χ0) is 13.0. The average Bonchev–Trinajstić information content (AvgIpc) is 2.88. The third-order valence-corrected chi connectivity index (χ3v) is 2.43. The fourth-order valence-electron chi connectivity index (χ4n) is 1.43. The lowest BCUT2D eigenvalue weighted by Crippen LogP contribution is -2.39. The van der Waals surface area contributed by atoms with E-state index in [1.54, 1.807) is 19.2 Å². The second-order valence-electron chi connectivity index (χ2n) is 4.19. The third kappa shape index (κ3) is 2.72. The molecule has 2 heterocycles. The van der Waals surface area contributed by atoms with Gasteiger partial charge < -0.3 is 15.0 Å². The number of ether oxygens (including phenoxy) is 1. The van der Waals surface area contributed by atoms with E-state index >= 15 is 0 Å². The van der Waals surface area contributed by atoms with Crippen molar-refractivity contribution in [3.8, 4) is 11.6 Å². The first kappa shape index (κ1) is 12.7. The summed E-state index contributed by atoms with van der Waals surface area (Å²) in [6.07, 6.45) is 1.67. The highest BCUT2D eigenvalue weighted by atomic mass is 16.5. The molecule has 18 heavy (non-hydrogen) atoms. The van der Waals surface area contributed by atoms with Crippen molar-refractivity contribution in [3.05, 3.63) is 30.2 Å². The zero-order valence-electron chi connectivity index (χ0n) is 10.5. The zero-order valence-corrected chi connectivity index (χ0v) is 10.5. The van der Waals surface area contributed by atoms with Gasteiger partial charge in [0.1, 0.15) is 11.2 Å². The van der Waals surface area contributed by atoms with E-state index in [-0.39, 0.29) is 0 Å². The van der Waals surface area contributed by atoms with Crippen LogP contribution in [0.25, 0.3) is 11.6 Å². The second kappa shape index (κ2) is 5.24. The van der Waals surface area contributed by atoms with Crippen LogP contribution in [0.4, 0.5) is 0 Å². The van der Waals surface area contributed by atoms with Gasteiger partial charge in [0.15, 0.2) is 5.82 Å². The van der Waals surface area contributed by atoms with Crippen molar-refractivity contribution in [3.63, 3.8) is 0 Å². The van der Waals surface area contributed by atoms with Gasteiger partial charge in [0, 0.05) is 12.8 Å². The van der Waals surface area contributed by atoms with E-state index in [0.29, 0.717) is 30.6 Å². The predicted molar refractivity (Wildman–Crippen MR) is 65.6 cm³/mol. The lowest BCUT2D eigenvalue weighted by Gasteiger charge is -2.19. The van der Waals surface area contributed by atoms with E-state index in [1.807, 2.05) is 19.1 Å². The molecule has 0 aromatic carbocycles. The molecule has 6 heteroatoms. The third-order valence-electron chi connectivity index (χ3n) is 2.43. The highest BCUT2D eigenvalue weighted by Gasteiger charge is 2.28. The Kier molecular flexibility index (Phi) is 3.69. The Morgan fingerprint density at radius 1 is 1.44 bits per heavy atom. The molecule has 2 rings (SSSR count). The van der Waals surface area contributed by atoms with Crippen LogP contribution in [-0.2, 0) is 10.3 Å². The number of nitrogens with two attached hydrogens (primary N) is 1. The first-order valence-corrected chi connectivity index (χ1v) is 5.75. The molecule has 0 saturated carbocycles. The van der Waals surface area contributed by atoms with Gasteiger partial charge in [0.25, 0.3) is 5.89 Å². The fourth-order valence-corrected chi connectivity index (χ4v) is 1.43. The monoisotopic (exact) mass is 248 g/mol. The molecule has 1 unspecified atom stereocenters. The smallest absolute Gasteiger partial charge is 0.276 e. The molecule has 0 aliphatic heterocycles. The highest BCUT2D eigenvalue weighted by Crippen LogP contribution is 2.19. The summed E-state index contributed by atoms with van der Waals surface area (Å²) in [6, 6.07) is 5.48. The lowest BCUT2D eigenvalue weighted by molar-refractivity contribution is 0.0962. The van der Waals surface area contributed by atoms with Gasteiger partial charge in [0.2, 0.25) is 0 Å². The van der Waals surface area contributed by atoms with Crippen LogP contribution in [0.1, 0.15) is 19.7 Å². The Bertz CT molecular complexity index is 496. The van der Waals surface area contributed by atoms with E-state index < -0.39 is 5.54 Å². The molecule has 2 aromatic rings. The minimum absolute atomic E-state index is 0.338. The van der Waals surface area contributed by atoms with Gasteiger partial charge >= 0.3 is 0 Å². The van der Waals surface area contributed by atoms with E-state index in [2.05, 4.69) is 15.1 Å². The molecule has 2 aromatic heterocycles. The highest BCUT2D eigenvalue weighted by molar-refractivity contribution is 5.45. The first-order chi connectivity index (χ1) is 8.63. The molecule has 96 valence electrons. The van der Waals surface area contributed by atoms with Crippen molar-refractivity contribution < 1.29 is 9.26 Å². The quantitative estimate of drug-likeness (QED) is 0.859. The standard InChI is InChI=1S/C12H16N4O2/c1-3-17-8-12(2,13)11-15-10(18-16-11)9-6-4-5-7-14-9/h4-7H,3,8,13H2,1-2H3. The maximum absolute atomic E-state index is 6.09. The van der Waals surface area contributed by atoms with Crippen LogP contribution in [0.3, 0.4) is 0 Å². The van der Waals surface area contributed by atoms with Crippen molar-refractivity contribution in [2.45, 2.75) is 19.4 Å². The lowest BCUT2D eigenvalue weighted by atomic mass is 10.1. The van der Waals surface area contributed by atoms with Gasteiger partial charge in [-0.05, 0) is 26.0 Å². The molecule has 0 bridgehead atoms. The van der Waals surface area contributed by atoms with Crippen molar-refractivity contribution in [2.24, 2.45) is 5.73 Å². The summed E-state index contributed by atoms with van der Waals surface area (Å²) in [7, 11) is 0. The molecular formula is C12H16N4O2. The molecule has 0 aliphatic rings. The molecule has 0 aliphatic carbocycles. The van der Waals surface area contributed by atoms with Gasteiger partial charge in [0.05, 0.1) is 6.61 Å². The van der Waals surface area contributed by atoms with Gasteiger partial charge in [-0.1, -0.05) is 11.2 Å². The van der Waals surface area contributed by atoms with Crippen molar-refractivity contribution in [1.29, 1.82) is 0 Å². The molecule has 6 nitrogen and oxygen atoms in total. The van der Waals surface area contributed by atoms with Crippen LogP contribution in [-0.4, -0.2) is 28.3 Å². The Morgan fingerprint density at radius 2 is 2.28 bits per heavy atom. The molecule has 0 radical (unpaired) electrons. The Morgan fingerprint density at radius 3 is 2.94 bits per heavy atom. The summed E-state index contributed by atoms with van der Waals surface area (Å²) in [5.74, 6) is 0.773. The molecule has 0 amide bonds. The minimum atomic E-state index is -0.771. The van der Waals surface area contributed by atoms with Gasteiger partial charge in [-0.2, -0.15) is 4.98 Å². The predicted octanol–water partition coefficient (Wildman–Crippen LogP) is 1.34. The van der Waals surface area contributed by atoms with Crippen LogP contribution in [0.5, 0.6) is 0 Å². The van der Waals surface area contributed by atoms with Gasteiger partial charge in [-0.15, -0.1) is 0 Å². The number of rotatable bonds is 5. The Labute approximate surface area is 105 Å². The fraction of sp³-hybridized carbons (Fsp3) is 0.417. The summed E-state index contributed by atoms with van der Waals surface area (Å²) in [6.45, 7) is 4.64. The maximum Gasteiger partial charge on any atom is 0.276 e. The molecule has 1 atom stereocenters. The van der Waals surface area contributed by atoms with Crippen molar-refractivity contribution >= 4 is 0 Å². The van der Waals surface area contributed by atoms with Crippen LogP contribution in [0.2, 0.25) is 0 Å². The SMILES string of the molecule is CCOCC(C)(N)c1noc(-c2ccccn2)n1. The normalized spacial score (nSPS) is 14.4. The van der Waals surface area contributed by atoms with Crippen LogP contribution in [0, 0.1) is 0 Å².